The standard InChI is InChI=1S/C13H16ClN3/c1-9-12(8-11-3-2-5-15-11)16-13-7-10(14)4-6-17(9)13/h4,6-7,11,15H,2-3,5,8H2,1H3. The number of nitrogens with zero attached hydrogens (tertiary/aromatic N) is 2. The summed E-state index contributed by atoms with van der Waals surface area (Å²) in [6, 6.07) is 4.41. The lowest BCUT2D eigenvalue weighted by atomic mass is 10.1. The lowest BCUT2D eigenvalue weighted by Crippen LogP contribution is -2.24. The molecule has 2 aromatic heterocycles. The average Bonchev–Trinajstić information content (AvgIpc) is 2.89. The fourth-order valence-corrected chi connectivity index (χ4v) is 2.70. The number of halogens is 1. The molecule has 0 spiro atoms. The highest BCUT2D eigenvalue weighted by molar-refractivity contribution is 6.30. The molecule has 0 amide bonds. The number of fused-ring (bicyclic) bond motifs is 1. The van der Waals surface area contributed by atoms with Gasteiger partial charge >= 0.3 is 0 Å². The van der Waals surface area contributed by atoms with Crippen molar-refractivity contribution in [2.75, 3.05) is 6.54 Å². The lowest BCUT2D eigenvalue weighted by Gasteiger charge is -2.07. The summed E-state index contributed by atoms with van der Waals surface area (Å²) >= 11 is 5.98. The van der Waals surface area contributed by atoms with E-state index in [1.807, 2.05) is 18.3 Å². The zero-order valence-corrected chi connectivity index (χ0v) is 10.7. The zero-order valence-electron chi connectivity index (χ0n) is 9.91. The quantitative estimate of drug-likeness (QED) is 0.887. The van der Waals surface area contributed by atoms with Crippen LogP contribution in [-0.2, 0) is 6.42 Å². The Balaban J connectivity index is 1.96. The first-order valence-corrected chi connectivity index (χ1v) is 6.48. The number of pyridine rings is 1. The van der Waals surface area contributed by atoms with E-state index in [9.17, 15) is 0 Å². The molecule has 3 rings (SSSR count). The molecule has 2 aromatic rings. The molecule has 0 saturated carbocycles. The molecule has 1 fully saturated rings. The topological polar surface area (TPSA) is 29.3 Å². The first kappa shape index (κ1) is 11.1. The summed E-state index contributed by atoms with van der Waals surface area (Å²) in [6.07, 6.45) is 5.55. The first-order valence-electron chi connectivity index (χ1n) is 6.10. The van der Waals surface area contributed by atoms with E-state index in [1.54, 1.807) is 0 Å². The van der Waals surface area contributed by atoms with Crippen LogP contribution >= 0.6 is 11.6 Å². The minimum Gasteiger partial charge on any atom is -0.314 e. The third-order valence-electron chi connectivity index (χ3n) is 3.53. The number of rotatable bonds is 2. The summed E-state index contributed by atoms with van der Waals surface area (Å²) in [5.74, 6) is 0. The molecule has 3 heterocycles. The van der Waals surface area contributed by atoms with Crippen molar-refractivity contribution < 1.29 is 0 Å². The molecule has 4 heteroatoms. The van der Waals surface area contributed by atoms with Crippen molar-refractivity contribution in [1.82, 2.24) is 14.7 Å². The molecule has 0 aromatic carbocycles. The van der Waals surface area contributed by atoms with Gasteiger partial charge in [-0.15, -0.1) is 0 Å². The summed E-state index contributed by atoms with van der Waals surface area (Å²) < 4.78 is 2.11. The highest BCUT2D eigenvalue weighted by atomic mass is 35.5. The van der Waals surface area contributed by atoms with Crippen LogP contribution in [0.2, 0.25) is 5.02 Å². The fourth-order valence-electron chi connectivity index (χ4n) is 2.55. The van der Waals surface area contributed by atoms with E-state index in [2.05, 4.69) is 21.6 Å². The van der Waals surface area contributed by atoms with E-state index in [0.29, 0.717) is 6.04 Å². The summed E-state index contributed by atoms with van der Waals surface area (Å²) in [5.41, 5.74) is 3.36. The Labute approximate surface area is 106 Å². The van der Waals surface area contributed by atoms with Crippen LogP contribution < -0.4 is 5.32 Å². The van der Waals surface area contributed by atoms with Gasteiger partial charge in [0.15, 0.2) is 0 Å². The van der Waals surface area contributed by atoms with E-state index in [-0.39, 0.29) is 0 Å². The SMILES string of the molecule is Cc1c(CC2CCCN2)nc2cc(Cl)ccn12. The number of hydrogen-bond acceptors (Lipinski definition) is 2. The zero-order chi connectivity index (χ0) is 11.8. The molecule has 1 aliphatic heterocycles. The number of imidazole rings is 1. The summed E-state index contributed by atoms with van der Waals surface area (Å²) in [7, 11) is 0. The van der Waals surface area contributed by atoms with Gasteiger partial charge in [-0.1, -0.05) is 11.6 Å². The van der Waals surface area contributed by atoms with Crippen molar-refractivity contribution >= 4 is 17.2 Å². The van der Waals surface area contributed by atoms with Gasteiger partial charge in [0, 0.05) is 35.4 Å². The van der Waals surface area contributed by atoms with Crippen molar-refractivity contribution in [3.8, 4) is 0 Å². The Morgan fingerprint density at radius 2 is 2.47 bits per heavy atom. The molecule has 1 saturated heterocycles. The molecule has 90 valence electrons. The molecule has 3 nitrogen and oxygen atoms in total. The molecular weight excluding hydrogens is 234 g/mol. The molecule has 0 aliphatic carbocycles. The van der Waals surface area contributed by atoms with Crippen LogP contribution in [0, 0.1) is 6.92 Å². The maximum absolute atomic E-state index is 5.98. The van der Waals surface area contributed by atoms with Gasteiger partial charge in [0.2, 0.25) is 0 Å². The maximum Gasteiger partial charge on any atom is 0.138 e. The Bertz CT molecular complexity index is 541. The van der Waals surface area contributed by atoms with Crippen LogP contribution in [0.15, 0.2) is 18.3 Å². The van der Waals surface area contributed by atoms with Crippen LogP contribution in [0.3, 0.4) is 0 Å². The van der Waals surface area contributed by atoms with Crippen molar-refractivity contribution in [2.45, 2.75) is 32.2 Å². The van der Waals surface area contributed by atoms with Crippen molar-refractivity contribution in [3.63, 3.8) is 0 Å². The van der Waals surface area contributed by atoms with Gasteiger partial charge in [-0.05, 0) is 32.4 Å². The van der Waals surface area contributed by atoms with Crippen molar-refractivity contribution in [2.24, 2.45) is 0 Å². The predicted molar refractivity (Wildman–Crippen MR) is 69.7 cm³/mol. The highest BCUT2D eigenvalue weighted by Crippen LogP contribution is 2.19. The highest BCUT2D eigenvalue weighted by Gasteiger charge is 2.18. The summed E-state index contributed by atoms with van der Waals surface area (Å²) in [6.45, 7) is 3.26. The number of aryl methyl sites for hydroxylation is 1. The number of nitrogens with one attached hydrogen (secondary N) is 1. The van der Waals surface area contributed by atoms with Crippen LogP contribution in [0.25, 0.3) is 5.65 Å². The third kappa shape index (κ3) is 2.05. The second kappa shape index (κ2) is 4.31. The van der Waals surface area contributed by atoms with Gasteiger partial charge in [-0.2, -0.15) is 0 Å². The minimum atomic E-state index is 0.592. The molecule has 1 N–H and O–H groups in total. The molecule has 1 aliphatic rings. The lowest BCUT2D eigenvalue weighted by molar-refractivity contribution is 0.595. The van der Waals surface area contributed by atoms with Gasteiger partial charge in [-0.3, -0.25) is 0 Å². The molecule has 1 atom stereocenters. The van der Waals surface area contributed by atoms with Gasteiger partial charge < -0.3 is 9.72 Å². The average molecular weight is 250 g/mol. The fraction of sp³-hybridized carbons (Fsp3) is 0.462. The Morgan fingerprint density at radius 3 is 3.24 bits per heavy atom. The summed E-state index contributed by atoms with van der Waals surface area (Å²) in [5, 5.41) is 4.26. The van der Waals surface area contributed by atoms with Crippen LogP contribution in [0.4, 0.5) is 0 Å². The molecule has 0 bridgehead atoms. The summed E-state index contributed by atoms with van der Waals surface area (Å²) in [4.78, 5) is 4.68. The molecule has 0 radical (unpaired) electrons. The van der Waals surface area contributed by atoms with Gasteiger partial charge in [-0.25, -0.2) is 4.98 Å². The number of aromatic nitrogens is 2. The molecular formula is C13H16ClN3. The van der Waals surface area contributed by atoms with Crippen molar-refractivity contribution in [1.29, 1.82) is 0 Å². The molecule has 1 unspecified atom stereocenters. The smallest absolute Gasteiger partial charge is 0.138 e. The van der Waals surface area contributed by atoms with E-state index in [0.717, 1.165) is 23.6 Å². The van der Waals surface area contributed by atoms with Gasteiger partial charge in [0.05, 0.1) is 5.69 Å². The number of hydrogen-bond donors (Lipinski definition) is 1. The maximum atomic E-state index is 5.98. The third-order valence-corrected chi connectivity index (χ3v) is 3.76. The predicted octanol–water partition coefficient (Wildman–Crippen LogP) is 2.59. The van der Waals surface area contributed by atoms with Crippen LogP contribution in [0.1, 0.15) is 24.2 Å². The van der Waals surface area contributed by atoms with E-state index in [1.165, 1.54) is 24.2 Å². The Kier molecular flexibility index (Phi) is 2.81. The first-order chi connectivity index (χ1) is 8.24. The van der Waals surface area contributed by atoms with Gasteiger partial charge in [0.1, 0.15) is 5.65 Å². The van der Waals surface area contributed by atoms with Gasteiger partial charge in [0.25, 0.3) is 0 Å². The second-order valence-corrected chi connectivity index (χ2v) is 5.15. The van der Waals surface area contributed by atoms with E-state index >= 15 is 0 Å². The monoisotopic (exact) mass is 249 g/mol. The van der Waals surface area contributed by atoms with Crippen molar-refractivity contribution in [3.05, 3.63) is 34.7 Å². The largest absolute Gasteiger partial charge is 0.314 e. The minimum absolute atomic E-state index is 0.592. The Hall–Kier alpha value is -1.06. The van der Waals surface area contributed by atoms with E-state index in [4.69, 9.17) is 11.6 Å². The van der Waals surface area contributed by atoms with Crippen LogP contribution in [0.5, 0.6) is 0 Å². The second-order valence-electron chi connectivity index (χ2n) is 4.71. The Morgan fingerprint density at radius 1 is 1.59 bits per heavy atom. The van der Waals surface area contributed by atoms with E-state index < -0.39 is 0 Å². The van der Waals surface area contributed by atoms with Crippen LogP contribution in [-0.4, -0.2) is 22.0 Å². The molecule has 17 heavy (non-hydrogen) atoms. The normalized spacial score (nSPS) is 20.2.